The van der Waals surface area contributed by atoms with Gasteiger partial charge in [-0.15, -0.1) is 0 Å². The van der Waals surface area contributed by atoms with Crippen molar-refractivity contribution in [2.24, 2.45) is 5.73 Å². The molecule has 4 heteroatoms. The minimum absolute atomic E-state index is 0.212. The average Bonchev–Trinajstić information content (AvgIpc) is 2.12. The fourth-order valence-electron chi connectivity index (χ4n) is 1.47. The molecule has 1 aromatic rings. The summed E-state index contributed by atoms with van der Waals surface area (Å²) < 4.78 is 1.53. The molecule has 0 unspecified atom stereocenters. The van der Waals surface area contributed by atoms with Crippen LogP contribution in [-0.2, 0) is 6.54 Å². The Bertz CT molecular complexity index is 440. The summed E-state index contributed by atoms with van der Waals surface area (Å²) in [6.07, 6.45) is 0. The number of nitrogens with two attached hydrogens (primary N) is 1. The number of rotatable bonds is 2. The predicted octanol–water partition coefficient (Wildman–Crippen LogP) is 0.296. The number of hydrogen-bond donors (Lipinski definition) is 1. The quantitative estimate of drug-likeness (QED) is 0.730. The molecule has 0 spiro atoms. The van der Waals surface area contributed by atoms with Gasteiger partial charge in [-0.25, -0.2) is 0 Å². The first-order valence-corrected chi connectivity index (χ1v) is 4.43. The number of aromatic nitrogens is 1. The van der Waals surface area contributed by atoms with Gasteiger partial charge in [0.25, 0.3) is 5.56 Å². The van der Waals surface area contributed by atoms with Crippen LogP contribution in [0.3, 0.4) is 0 Å². The molecule has 0 aliphatic heterocycles. The molecule has 0 radical (unpaired) electrons. The molecule has 0 amide bonds. The summed E-state index contributed by atoms with van der Waals surface area (Å²) >= 11 is 0. The molecule has 0 aliphatic carbocycles. The Balaban J connectivity index is 3.46. The smallest absolute Gasteiger partial charge is 0.268 e. The molecule has 4 nitrogen and oxygen atoms in total. The molecule has 0 atom stereocenters. The van der Waals surface area contributed by atoms with Gasteiger partial charge in [-0.05, 0) is 25.5 Å². The second-order valence-electron chi connectivity index (χ2n) is 3.20. The van der Waals surface area contributed by atoms with E-state index in [4.69, 9.17) is 11.0 Å². The zero-order chi connectivity index (χ0) is 10.7. The zero-order valence-electron chi connectivity index (χ0n) is 8.37. The Hall–Kier alpha value is -1.60. The third kappa shape index (κ3) is 1.68. The first-order valence-electron chi connectivity index (χ1n) is 4.43. The summed E-state index contributed by atoms with van der Waals surface area (Å²) in [4.78, 5) is 11.7. The highest BCUT2D eigenvalue weighted by Crippen LogP contribution is 2.04. The van der Waals surface area contributed by atoms with Gasteiger partial charge in [0.2, 0.25) is 0 Å². The lowest BCUT2D eigenvalue weighted by atomic mass is 10.1. The third-order valence-corrected chi connectivity index (χ3v) is 2.17. The monoisotopic (exact) mass is 191 g/mol. The van der Waals surface area contributed by atoms with Gasteiger partial charge < -0.3 is 10.3 Å². The van der Waals surface area contributed by atoms with Crippen LogP contribution in [-0.4, -0.2) is 11.1 Å². The summed E-state index contributed by atoms with van der Waals surface area (Å²) in [5.74, 6) is 0. The van der Waals surface area contributed by atoms with Crippen LogP contribution in [0.15, 0.2) is 10.9 Å². The third-order valence-electron chi connectivity index (χ3n) is 2.17. The molecule has 1 aromatic heterocycles. The van der Waals surface area contributed by atoms with Crippen molar-refractivity contribution in [3.8, 4) is 6.07 Å². The van der Waals surface area contributed by atoms with Crippen LogP contribution >= 0.6 is 0 Å². The highest BCUT2D eigenvalue weighted by molar-refractivity contribution is 5.36. The second-order valence-corrected chi connectivity index (χ2v) is 3.20. The van der Waals surface area contributed by atoms with Crippen LogP contribution in [0.2, 0.25) is 0 Å². The molecular formula is C10H13N3O. The van der Waals surface area contributed by atoms with Gasteiger partial charge in [0, 0.05) is 18.8 Å². The lowest BCUT2D eigenvalue weighted by Gasteiger charge is -2.10. The van der Waals surface area contributed by atoms with E-state index in [0.29, 0.717) is 13.1 Å². The van der Waals surface area contributed by atoms with Crippen molar-refractivity contribution in [1.29, 1.82) is 5.26 Å². The molecule has 2 N–H and O–H groups in total. The van der Waals surface area contributed by atoms with E-state index in [2.05, 4.69) is 0 Å². The fourth-order valence-corrected chi connectivity index (χ4v) is 1.47. The molecule has 0 aromatic carbocycles. The number of nitrogens with zero attached hydrogens (tertiary/aromatic N) is 2. The SMILES string of the molecule is Cc1cc(C)n(CCN)c(=O)c1C#N. The van der Waals surface area contributed by atoms with E-state index in [1.54, 1.807) is 6.92 Å². The van der Waals surface area contributed by atoms with Crippen molar-refractivity contribution in [1.82, 2.24) is 4.57 Å². The summed E-state index contributed by atoms with van der Waals surface area (Å²) in [5, 5.41) is 8.79. The first-order chi connectivity index (χ1) is 6.61. The predicted molar refractivity (Wildman–Crippen MR) is 53.9 cm³/mol. The second kappa shape index (κ2) is 4.07. The molecule has 0 bridgehead atoms. The zero-order valence-corrected chi connectivity index (χ0v) is 8.37. The van der Waals surface area contributed by atoms with Crippen LogP contribution in [0.1, 0.15) is 16.8 Å². The Morgan fingerprint density at radius 1 is 1.57 bits per heavy atom. The minimum atomic E-state index is -0.240. The van der Waals surface area contributed by atoms with Gasteiger partial charge in [-0.2, -0.15) is 5.26 Å². The maximum atomic E-state index is 11.7. The van der Waals surface area contributed by atoms with Gasteiger partial charge in [-0.3, -0.25) is 4.79 Å². The lowest BCUT2D eigenvalue weighted by Crippen LogP contribution is -2.28. The molecule has 1 heterocycles. The summed E-state index contributed by atoms with van der Waals surface area (Å²) in [5.41, 5.74) is 6.93. The summed E-state index contributed by atoms with van der Waals surface area (Å²) in [6, 6.07) is 3.74. The standard InChI is InChI=1S/C10H13N3O/c1-7-5-8(2)13(4-3-11)10(14)9(7)6-12/h5H,3-4,11H2,1-2H3. The Morgan fingerprint density at radius 3 is 2.71 bits per heavy atom. The van der Waals surface area contributed by atoms with E-state index in [1.165, 1.54) is 4.57 Å². The van der Waals surface area contributed by atoms with Crippen molar-refractivity contribution in [3.63, 3.8) is 0 Å². The van der Waals surface area contributed by atoms with Crippen molar-refractivity contribution >= 4 is 0 Å². The average molecular weight is 191 g/mol. The van der Waals surface area contributed by atoms with Crippen molar-refractivity contribution in [3.05, 3.63) is 33.2 Å². The molecular weight excluding hydrogens is 178 g/mol. The highest BCUT2D eigenvalue weighted by atomic mass is 16.1. The van der Waals surface area contributed by atoms with Gasteiger partial charge in [0.05, 0.1) is 0 Å². The molecule has 14 heavy (non-hydrogen) atoms. The number of nitriles is 1. The van der Waals surface area contributed by atoms with E-state index in [1.807, 2.05) is 19.1 Å². The number of aryl methyl sites for hydroxylation is 2. The van der Waals surface area contributed by atoms with Crippen LogP contribution < -0.4 is 11.3 Å². The molecule has 0 fully saturated rings. The van der Waals surface area contributed by atoms with Crippen LogP contribution in [0, 0.1) is 25.2 Å². The lowest BCUT2D eigenvalue weighted by molar-refractivity contribution is 0.656. The molecule has 0 aliphatic rings. The van der Waals surface area contributed by atoms with Crippen LogP contribution in [0.5, 0.6) is 0 Å². The van der Waals surface area contributed by atoms with Gasteiger partial charge in [-0.1, -0.05) is 0 Å². The first kappa shape index (κ1) is 10.5. The molecule has 0 saturated heterocycles. The van der Waals surface area contributed by atoms with E-state index in [-0.39, 0.29) is 11.1 Å². The minimum Gasteiger partial charge on any atom is -0.329 e. The molecule has 74 valence electrons. The Labute approximate surface area is 82.6 Å². The van der Waals surface area contributed by atoms with Gasteiger partial charge in [0.1, 0.15) is 11.6 Å². The Morgan fingerprint density at radius 2 is 2.21 bits per heavy atom. The maximum absolute atomic E-state index is 11.7. The molecule has 0 saturated carbocycles. The van der Waals surface area contributed by atoms with E-state index in [0.717, 1.165) is 11.3 Å². The topological polar surface area (TPSA) is 71.8 Å². The van der Waals surface area contributed by atoms with Gasteiger partial charge in [0.15, 0.2) is 0 Å². The van der Waals surface area contributed by atoms with E-state index < -0.39 is 0 Å². The van der Waals surface area contributed by atoms with Crippen LogP contribution in [0.25, 0.3) is 0 Å². The Kier molecular flexibility index (Phi) is 3.05. The fraction of sp³-hybridized carbons (Fsp3) is 0.400. The highest BCUT2D eigenvalue weighted by Gasteiger charge is 2.08. The molecule has 1 rings (SSSR count). The van der Waals surface area contributed by atoms with E-state index >= 15 is 0 Å². The largest absolute Gasteiger partial charge is 0.329 e. The number of hydrogen-bond acceptors (Lipinski definition) is 3. The van der Waals surface area contributed by atoms with E-state index in [9.17, 15) is 4.79 Å². The summed E-state index contributed by atoms with van der Waals surface area (Å²) in [6.45, 7) is 4.46. The van der Waals surface area contributed by atoms with Crippen molar-refractivity contribution < 1.29 is 0 Å². The van der Waals surface area contributed by atoms with Crippen molar-refractivity contribution in [2.45, 2.75) is 20.4 Å². The van der Waals surface area contributed by atoms with Crippen molar-refractivity contribution in [2.75, 3.05) is 6.54 Å². The normalized spacial score (nSPS) is 9.86. The van der Waals surface area contributed by atoms with Crippen LogP contribution in [0.4, 0.5) is 0 Å². The maximum Gasteiger partial charge on any atom is 0.268 e. The summed E-state index contributed by atoms with van der Waals surface area (Å²) in [7, 11) is 0. The number of pyridine rings is 1. The van der Waals surface area contributed by atoms with Gasteiger partial charge >= 0.3 is 0 Å².